The summed E-state index contributed by atoms with van der Waals surface area (Å²) < 4.78 is 6.58. The molecule has 3 aliphatic carbocycles. The number of nitrogens with two attached hydrogens (primary N) is 2. The predicted molar refractivity (Wildman–Crippen MR) is 146 cm³/mol. The first-order chi connectivity index (χ1) is 15.4. The monoisotopic (exact) mass is 539 g/mol. The Morgan fingerprint density at radius 3 is 2.81 bits per heavy atom. The normalized spacial score (nSPS) is 38.4. The van der Waals surface area contributed by atoms with Crippen LogP contribution in [-0.2, 0) is 0 Å². The van der Waals surface area contributed by atoms with E-state index in [2.05, 4.69) is 75.6 Å². The Bertz CT molecular complexity index is 1120. The molecule has 4 nitrogen and oxygen atoms in total. The van der Waals surface area contributed by atoms with Crippen molar-refractivity contribution in [3.05, 3.63) is 81.3 Å². The molecule has 166 valence electrons. The van der Waals surface area contributed by atoms with E-state index in [0.29, 0.717) is 6.54 Å². The summed E-state index contributed by atoms with van der Waals surface area (Å²) in [5.41, 5.74) is 17.7. The molecule has 0 bridgehead atoms. The maximum absolute atomic E-state index is 6.84. The van der Waals surface area contributed by atoms with Crippen molar-refractivity contribution >= 4 is 40.7 Å². The highest BCUT2D eigenvalue weighted by molar-refractivity contribution is 14.1. The van der Waals surface area contributed by atoms with Gasteiger partial charge in [0.2, 0.25) is 0 Å². The van der Waals surface area contributed by atoms with Gasteiger partial charge in [0.25, 0.3) is 12.4 Å². The van der Waals surface area contributed by atoms with Crippen molar-refractivity contribution in [1.82, 2.24) is 4.67 Å². The molecule has 0 radical (unpaired) electrons. The van der Waals surface area contributed by atoms with E-state index in [9.17, 15) is 0 Å². The molecule has 0 fully saturated rings. The molecule has 4 aliphatic rings. The summed E-state index contributed by atoms with van der Waals surface area (Å²) in [4.78, 5) is 4.86. The summed E-state index contributed by atoms with van der Waals surface area (Å²) >= 11 is 2.32. The van der Waals surface area contributed by atoms with Crippen LogP contribution in [0.25, 0.3) is 0 Å². The first-order valence-corrected chi connectivity index (χ1v) is 12.5. The summed E-state index contributed by atoms with van der Waals surface area (Å²) in [6.07, 6.45) is 25.2. The van der Waals surface area contributed by atoms with Crippen LogP contribution in [0.1, 0.15) is 33.6 Å². The molecule has 1 heterocycles. The van der Waals surface area contributed by atoms with Gasteiger partial charge >= 0.3 is 0 Å². The molecule has 0 aromatic heterocycles. The average molecular weight is 539 g/mol. The van der Waals surface area contributed by atoms with Gasteiger partial charge in [0.05, 0.1) is 16.7 Å². The fourth-order valence-electron chi connectivity index (χ4n) is 5.60. The lowest BCUT2D eigenvalue weighted by Crippen LogP contribution is -2.42. The second-order valence-corrected chi connectivity index (χ2v) is 9.97. The molecule has 4 rings (SSSR count). The first-order valence-electron chi connectivity index (χ1n) is 11.2. The maximum Gasteiger partial charge on any atom is 0.298 e. The fraction of sp³-hybridized carbons (Fsp3) is 0.370. The highest BCUT2D eigenvalue weighted by Gasteiger charge is 2.58. The molecule has 4 atom stereocenters. The molecular formula is C27H32IN4+. The third kappa shape index (κ3) is 3.30. The van der Waals surface area contributed by atoms with E-state index in [1.165, 1.54) is 11.1 Å². The molecule has 3 unspecified atom stereocenters. The number of hydrogen-bond acceptors (Lipinski definition) is 3. The lowest BCUT2D eigenvalue weighted by atomic mass is 9.61. The van der Waals surface area contributed by atoms with Crippen LogP contribution in [0.2, 0.25) is 0 Å². The van der Waals surface area contributed by atoms with Crippen molar-refractivity contribution in [3.8, 4) is 0 Å². The lowest BCUT2D eigenvalue weighted by Gasteiger charge is -2.42. The Morgan fingerprint density at radius 1 is 1.28 bits per heavy atom. The molecule has 4 N–H and O–H groups in total. The van der Waals surface area contributed by atoms with E-state index in [1.54, 1.807) is 0 Å². The molecule has 32 heavy (non-hydrogen) atoms. The molecule has 0 amide bonds. The number of nitrogens with zero attached hydrogens (tertiary/aromatic N) is 2. The lowest BCUT2D eigenvalue weighted by molar-refractivity contribution is 0.217. The van der Waals surface area contributed by atoms with Crippen LogP contribution in [0, 0.1) is 22.2 Å². The molecule has 1 aliphatic heterocycles. The van der Waals surface area contributed by atoms with Crippen molar-refractivity contribution in [1.29, 1.82) is 0 Å². The Morgan fingerprint density at radius 2 is 2.09 bits per heavy atom. The summed E-state index contributed by atoms with van der Waals surface area (Å²) in [5, 5.41) is 0. The quantitative estimate of drug-likeness (QED) is 0.230. The van der Waals surface area contributed by atoms with Gasteiger partial charge in [-0.25, -0.2) is 0 Å². The van der Waals surface area contributed by atoms with Gasteiger partial charge in [-0.15, -0.1) is 4.67 Å². The minimum Gasteiger partial charge on any atom is -0.401 e. The smallest absolute Gasteiger partial charge is 0.298 e. The topological polar surface area (TPSA) is 78.5 Å². The van der Waals surface area contributed by atoms with Crippen molar-refractivity contribution < 1.29 is 0 Å². The van der Waals surface area contributed by atoms with Gasteiger partial charge in [0.1, 0.15) is 0 Å². The van der Waals surface area contributed by atoms with E-state index >= 15 is 0 Å². The third-order valence-electron chi connectivity index (χ3n) is 7.87. The Balaban J connectivity index is 1.74. The first kappa shape index (κ1) is 23.0. The zero-order valence-electron chi connectivity index (χ0n) is 19.1. The fourth-order valence-corrected chi connectivity index (χ4v) is 6.46. The Hall–Kier alpha value is -2.21. The van der Waals surface area contributed by atoms with Gasteiger partial charge in [-0.05, 0) is 48.1 Å². The number of allylic oxidation sites excluding steroid dienone is 9. The standard InChI is InChI=1S/C27H31IN4/c1-4-6-23(32-18-22-17-31-16-21-7-5-10-25(21,22)2)13-24(30)27-11-8-19(14-28)26(27,3)20(15-29)9-12-27/h4,6-9,11-14,16-18,20,30H,5,10,15,29H2,1-3H3/p+1/b6-4+,19-14-/t20?,25-,26?,27?/m1/s1. The minimum atomic E-state index is -0.391. The number of hydrogen-bond donors (Lipinski definition) is 2. The van der Waals surface area contributed by atoms with Gasteiger partial charge in [-0.2, -0.15) is 0 Å². The van der Waals surface area contributed by atoms with Gasteiger partial charge in [-0.1, -0.05) is 72.9 Å². The summed E-state index contributed by atoms with van der Waals surface area (Å²) in [7, 11) is 0. The summed E-state index contributed by atoms with van der Waals surface area (Å²) in [6.45, 7) is 7.13. The second kappa shape index (κ2) is 8.62. The van der Waals surface area contributed by atoms with E-state index in [1.807, 2.05) is 43.8 Å². The van der Waals surface area contributed by atoms with Crippen LogP contribution in [0.15, 0.2) is 86.3 Å². The highest BCUT2D eigenvalue weighted by atomic mass is 127. The van der Waals surface area contributed by atoms with E-state index in [-0.39, 0.29) is 16.7 Å². The van der Waals surface area contributed by atoms with Crippen molar-refractivity contribution in [3.63, 3.8) is 0 Å². The Labute approximate surface area is 204 Å². The number of rotatable bonds is 5. The largest absolute Gasteiger partial charge is 0.401 e. The van der Waals surface area contributed by atoms with Crippen molar-refractivity contribution in [2.45, 2.75) is 33.6 Å². The van der Waals surface area contributed by atoms with Gasteiger partial charge in [0, 0.05) is 34.2 Å². The SMILES string of the molecule is C/C=C/C(C=C(N)C12C=C/C(=C/I)C1(C)C(CN)C=C2)=N/C=C1/C=[N+]=CC2=CCC[C@]21C. The molecule has 0 spiro atoms. The van der Waals surface area contributed by atoms with E-state index in [4.69, 9.17) is 16.5 Å². The van der Waals surface area contributed by atoms with Crippen molar-refractivity contribution in [2.24, 2.45) is 38.6 Å². The minimum absolute atomic E-state index is 0.00445. The number of halogens is 1. The molecule has 0 aromatic rings. The number of fused-ring (bicyclic) bond motifs is 2. The average Bonchev–Trinajstić information content (AvgIpc) is 3.40. The van der Waals surface area contributed by atoms with Crippen LogP contribution in [0.4, 0.5) is 0 Å². The molecular weight excluding hydrogens is 507 g/mol. The highest BCUT2D eigenvalue weighted by Crippen LogP contribution is 2.63. The molecule has 0 saturated carbocycles. The summed E-state index contributed by atoms with van der Waals surface area (Å²) in [6, 6.07) is 0. The van der Waals surface area contributed by atoms with Crippen molar-refractivity contribution in [2.75, 3.05) is 6.54 Å². The second-order valence-electron chi connectivity index (χ2n) is 9.35. The maximum atomic E-state index is 6.84. The van der Waals surface area contributed by atoms with Gasteiger partial charge in [0.15, 0.2) is 0 Å². The zero-order chi connectivity index (χ0) is 23.0. The van der Waals surface area contributed by atoms with E-state index < -0.39 is 5.41 Å². The molecule has 5 heteroatoms. The van der Waals surface area contributed by atoms with Crippen LogP contribution < -0.4 is 16.1 Å². The zero-order valence-corrected chi connectivity index (χ0v) is 21.2. The van der Waals surface area contributed by atoms with Crippen LogP contribution in [-0.4, -0.2) is 24.7 Å². The van der Waals surface area contributed by atoms with Gasteiger partial charge < -0.3 is 11.5 Å². The Kier molecular flexibility index (Phi) is 6.19. The van der Waals surface area contributed by atoms with Crippen LogP contribution in [0.5, 0.6) is 0 Å². The van der Waals surface area contributed by atoms with Crippen LogP contribution >= 0.6 is 22.6 Å². The predicted octanol–water partition coefficient (Wildman–Crippen LogP) is 4.71. The molecule has 0 aromatic carbocycles. The molecule has 0 saturated heterocycles. The van der Waals surface area contributed by atoms with Gasteiger partial charge in [-0.3, -0.25) is 4.99 Å². The summed E-state index contributed by atoms with van der Waals surface area (Å²) in [5.74, 6) is 0.233. The number of aliphatic imine (C=N–C) groups is 1. The van der Waals surface area contributed by atoms with Crippen LogP contribution in [0.3, 0.4) is 0 Å². The third-order valence-corrected chi connectivity index (χ3v) is 8.54. The van der Waals surface area contributed by atoms with E-state index in [0.717, 1.165) is 29.8 Å².